The summed E-state index contributed by atoms with van der Waals surface area (Å²) in [5.41, 5.74) is 0.854. The molecule has 5 nitrogen and oxygen atoms in total. The minimum atomic E-state index is -0.219. The SMILES string of the molecule is COC(=O)CC(C)NCc1cc(C)no1. The molecule has 1 atom stereocenters. The van der Waals surface area contributed by atoms with Gasteiger partial charge in [-0.3, -0.25) is 4.79 Å². The van der Waals surface area contributed by atoms with Crippen LogP contribution in [0.2, 0.25) is 0 Å². The lowest BCUT2D eigenvalue weighted by molar-refractivity contribution is -0.141. The van der Waals surface area contributed by atoms with E-state index in [1.807, 2.05) is 19.9 Å². The number of hydrogen-bond acceptors (Lipinski definition) is 5. The average molecular weight is 212 g/mol. The fourth-order valence-electron chi connectivity index (χ4n) is 1.18. The van der Waals surface area contributed by atoms with Crippen molar-refractivity contribution in [3.05, 3.63) is 17.5 Å². The van der Waals surface area contributed by atoms with Gasteiger partial charge >= 0.3 is 5.97 Å². The van der Waals surface area contributed by atoms with E-state index in [1.54, 1.807) is 0 Å². The number of nitrogens with zero attached hydrogens (tertiary/aromatic N) is 1. The predicted octanol–water partition coefficient (Wildman–Crippen LogP) is 1.02. The first-order valence-corrected chi connectivity index (χ1v) is 4.84. The molecule has 1 rings (SSSR count). The number of methoxy groups -OCH3 is 1. The van der Waals surface area contributed by atoms with E-state index in [1.165, 1.54) is 7.11 Å². The summed E-state index contributed by atoms with van der Waals surface area (Å²) in [6.07, 6.45) is 0.351. The number of aryl methyl sites for hydroxylation is 1. The summed E-state index contributed by atoms with van der Waals surface area (Å²) in [6.45, 7) is 4.35. The molecule has 0 saturated heterocycles. The van der Waals surface area contributed by atoms with Crippen LogP contribution in [-0.4, -0.2) is 24.3 Å². The Balaban J connectivity index is 2.28. The van der Waals surface area contributed by atoms with E-state index in [0.717, 1.165) is 11.5 Å². The average Bonchev–Trinajstić information content (AvgIpc) is 2.61. The van der Waals surface area contributed by atoms with Crippen LogP contribution in [0, 0.1) is 6.92 Å². The third-order valence-electron chi connectivity index (χ3n) is 2.00. The lowest BCUT2D eigenvalue weighted by Crippen LogP contribution is -2.28. The number of carbonyl (C=O) groups is 1. The second kappa shape index (κ2) is 5.50. The Kier molecular flexibility index (Phi) is 4.30. The second-order valence-electron chi connectivity index (χ2n) is 3.50. The second-order valence-corrected chi connectivity index (χ2v) is 3.50. The monoisotopic (exact) mass is 212 g/mol. The molecule has 0 aromatic carbocycles. The van der Waals surface area contributed by atoms with Gasteiger partial charge < -0.3 is 14.6 Å². The zero-order valence-electron chi connectivity index (χ0n) is 9.24. The molecule has 1 aromatic rings. The maximum atomic E-state index is 10.9. The molecule has 1 N–H and O–H groups in total. The van der Waals surface area contributed by atoms with E-state index in [-0.39, 0.29) is 12.0 Å². The summed E-state index contributed by atoms with van der Waals surface area (Å²) in [6, 6.07) is 1.92. The van der Waals surface area contributed by atoms with Crippen LogP contribution in [0.4, 0.5) is 0 Å². The molecular formula is C10H16N2O3. The summed E-state index contributed by atoms with van der Waals surface area (Å²) < 4.78 is 9.58. The summed E-state index contributed by atoms with van der Waals surface area (Å²) in [5, 5.41) is 6.91. The van der Waals surface area contributed by atoms with Gasteiger partial charge in [0.15, 0.2) is 5.76 Å². The van der Waals surface area contributed by atoms with E-state index >= 15 is 0 Å². The van der Waals surface area contributed by atoms with Crippen molar-refractivity contribution in [1.29, 1.82) is 0 Å². The van der Waals surface area contributed by atoms with Gasteiger partial charge in [-0.25, -0.2) is 0 Å². The lowest BCUT2D eigenvalue weighted by atomic mass is 10.2. The van der Waals surface area contributed by atoms with Crippen LogP contribution in [0.15, 0.2) is 10.6 Å². The molecule has 0 aliphatic carbocycles. The van der Waals surface area contributed by atoms with Gasteiger partial charge in [0.05, 0.1) is 25.8 Å². The number of aromatic nitrogens is 1. The summed E-state index contributed by atoms with van der Waals surface area (Å²) in [7, 11) is 1.38. The summed E-state index contributed by atoms with van der Waals surface area (Å²) in [5.74, 6) is 0.549. The zero-order valence-corrected chi connectivity index (χ0v) is 9.24. The molecular weight excluding hydrogens is 196 g/mol. The van der Waals surface area contributed by atoms with Gasteiger partial charge in [0.1, 0.15) is 0 Å². The number of esters is 1. The smallest absolute Gasteiger partial charge is 0.307 e. The van der Waals surface area contributed by atoms with Crippen molar-refractivity contribution >= 4 is 5.97 Å². The van der Waals surface area contributed by atoms with Gasteiger partial charge in [-0.15, -0.1) is 0 Å². The van der Waals surface area contributed by atoms with E-state index in [4.69, 9.17) is 4.52 Å². The third-order valence-corrected chi connectivity index (χ3v) is 2.00. The van der Waals surface area contributed by atoms with Gasteiger partial charge in [-0.05, 0) is 13.8 Å². The highest BCUT2D eigenvalue weighted by Crippen LogP contribution is 2.02. The standard InChI is InChI=1S/C10H16N2O3/c1-7(5-10(13)14-3)11-6-9-4-8(2)12-15-9/h4,7,11H,5-6H2,1-3H3. The molecule has 1 aromatic heterocycles. The van der Waals surface area contributed by atoms with Crippen molar-refractivity contribution in [2.75, 3.05) is 7.11 Å². The Hall–Kier alpha value is -1.36. The Morgan fingerprint density at radius 2 is 2.47 bits per heavy atom. The number of carbonyl (C=O) groups excluding carboxylic acids is 1. The minimum Gasteiger partial charge on any atom is -0.469 e. The van der Waals surface area contributed by atoms with Crippen LogP contribution in [-0.2, 0) is 16.1 Å². The minimum absolute atomic E-state index is 0.0582. The molecule has 0 spiro atoms. The van der Waals surface area contributed by atoms with Gasteiger partial charge in [-0.1, -0.05) is 5.16 Å². The molecule has 0 aliphatic heterocycles. The number of ether oxygens (including phenoxy) is 1. The normalized spacial score (nSPS) is 12.5. The first-order valence-electron chi connectivity index (χ1n) is 4.84. The Morgan fingerprint density at radius 1 is 1.73 bits per heavy atom. The highest BCUT2D eigenvalue weighted by atomic mass is 16.5. The molecule has 0 amide bonds. The first kappa shape index (κ1) is 11.7. The first-order chi connectivity index (χ1) is 7.11. The molecule has 0 radical (unpaired) electrons. The third kappa shape index (κ3) is 4.12. The topological polar surface area (TPSA) is 64.4 Å². The van der Waals surface area contributed by atoms with Gasteiger partial charge in [-0.2, -0.15) is 0 Å². The van der Waals surface area contributed by atoms with Crippen LogP contribution in [0.25, 0.3) is 0 Å². The molecule has 84 valence electrons. The molecule has 0 bridgehead atoms. The fourth-order valence-corrected chi connectivity index (χ4v) is 1.18. The molecule has 0 aliphatic rings. The quantitative estimate of drug-likeness (QED) is 0.738. The Labute approximate surface area is 88.8 Å². The maximum Gasteiger partial charge on any atom is 0.307 e. The van der Waals surface area contributed by atoms with E-state index < -0.39 is 0 Å². The maximum absolute atomic E-state index is 10.9. The lowest BCUT2D eigenvalue weighted by Gasteiger charge is -2.10. The van der Waals surface area contributed by atoms with Crippen LogP contribution >= 0.6 is 0 Å². The van der Waals surface area contributed by atoms with Crippen molar-refractivity contribution in [3.8, 4) is 0 Å². The molecule has 5 heteroatoms. The van der Waals surface area contributed by atoms with Crippen molar-refractivity contribution in [3.63, 3.8) is 0 Å². The number of rotatable bonds is 5. The van der Waals surface area contributed by atoms with Crippen LogP contribution < -0.4 is 5.32 Å². The highest BCUT2D eigenvalue weighted by molar-refractivity contribution is 5.69. The van der Waals surface area contributed by atoms with E-state index in [0.29, 0.717) is 13.0 Å². The Morgan fingerprint density at radius 3 is 3.00 bits per heavy atom. The van der Waals surface area contributed by atoms with Gasteiger partial charge in [0.2, 0.25) is 0 Å². The molecule has 0 fully saturated rings. The molecule has 15 heavy (non-hydrogen) atoms. The summed E-state index contributed by atoms with van der Waals surface area (Å²) >= 11 is 0. The van der Waals surface area contributed by atoms with Gasteiger partial charge in [0.25, 0.3) is 0 Å². The molecule has 1 heterocycles. The molecule has 0 saturated carbocycles. The fraction of sp³-hybridized carbons (Fsp3) is 0.600. The largest absolute Gasteiger partial charge is 0.469 e. The zero-order chi connectivity index (χ0) is 11.3. The Bertz CT molecular complexity index is 322. The predicted molar refractivity (Wildman–Crippen MR) is 54.2 cm³/mol. The van der Waals surface area contributed by atoms with Gasteiger partial charge in [0, 0.05) is 12.1 Å². The van der Waals surface area contributed by atoms with E-state index in [9.17, 15) is 4.79 Å². The van der Waals surface area contributed by atoms with Crippen molar-refractivity contribution < 1.29 is 14.1 Å². The van der Waals surface area contributed by atoms with Crippen LogP contribution in [0.5, 0.6) is 0 Å². The van der Waals surface area contributed by atoms with Crippen molar-refractivity contribution in [1.82, 2.24) is 10.5 Å². The summed E-state index contributed by atoms with van der Waals surface area (Å²) in [4.78, 5) is 10.9. The number of nitrogens with one attached hydrogen (secondary N) is 1. The highest BCUT2D eigenvalue weighted by Gasteiger charge is 2.09. The van der Waals surface area contributed by atoms with Crippen molar-refractivity contribution in [2.24, 2.45) is 0 Å². The number of hydrogen-bond donors (Lipinski definition) is 1. The van der Waals surface area contributed by atoms with Crippen LogP contribution in [0.3, 0.4) is 0 Å². The van der Waals surface area contributed by atoms with Crippen molar-refractivity contribution in [2.45, 2.75) is 32.9 Å². The molecule has 1 unspecified atom stereocenters. The van der Waals surface area contributed by atoms with E-state index in [2.05, 4.69) is 15.2 Å². The van der Waals surface area contributed by atoms with Crippen LogP contribution in [0.1, 0.15) is 24.8 Å².